The summed E-state index contributed by atoms with van der Waals surface area (Å²) < 4.78 is 12.6. The minimum absolute atomic E-state index is 0.00154. The van der Waals surface area contributed by atoms with Gasteiger partial charge in [0.05, 0.1) is 18.8 Å². The van der Waals surface area contributed by atoms with Crippen LogP contribution in [0.1, 0.15) is 72.1 Å². The van der Waals surface area contributed by atoms with Crippen LogP contribution >= 0.6 is 0 Å². The largest absolute Gasteiger partial charge is 0.393 e. The van der Waals surface area contributed by atoms with Crippen molar-refractivity contribution in [3.63, 3.8) is 0 Å². The molecule has 0 aromatic carbocycles. The van der Waals surface area contributed by atoms with Crippen LogP contribution in [0, 0.1) is 46.3 Å². The highest BCUT2D eigenvalue weighted by atomic mass is 16.7. The van der Waals surface area contributed by atoms with Crippen LogP contribution in [-0.4, -0.2) is 63.3 Å². The molecule has 4 N–H and O–H groups in total. The topological polar surface area (TPSA) is 99.4 Å². The summed E-state index contributed by atoms with van der Waals surface area (Å²) >= 11 is 0. The third-order valence-corrected chi connectivity index (χ3v) is 11.8. The standard InChI is InChI=1S/C26H42O6/c1-13-21-20(32-26(13)23(30)22(29)19(28)12-31-26)11-18-16-5-4-14-10-15(27)6-8-24(14,2)17(16)7-9-25(18,21)3/h13-23,27-30H,4-12H2,1-3H3/t13-,14+,15+,16+,17-,18-,19-,20-,21-,22-,23+,24-,25-,26-/m0/s1. The SMILES string of the molecule is C[C@H]1[C@H]2[C@H](C[C@H]3[C@@H]4CC[C@@H]5C[C@H](O)CC[C@]5(C)[C@H]4CC[C@]23C)O[C@@]12OC[C@H](O)[C@H](O)[C@H]2O. The fourth-order valence-corrected chi connectivity index (χ4v) is 10.2. The highest BCUT2D eigenvalue weighted by molar-refractivity contribution is 5.16. The normalized spacial score (nSPS) is 64.0. The molecule has 4 saturated carbocycles. The Morgan fingerprint density at radius 1 is 0.844 bits per heavy atom. The second-order valence-electron chi connectivity index (χ2n) is 12.9. The van der Waals surface area contributed by atoms with Gasteiger partial charge in [0.2, 0.25) is 5.79 Å². The second-order valence-corrected chi connectivity index (χ2v) is 12.9. The molecule has 2 heterocycles. The monoisotopic (exact) mass is 450 g/mol. The molecule has 0 unspecified atom stereocenters. The predicted molar refractivity (Wildman–Crippen MR) is 117 cm³/mol. The van der Waals surface area contributed by atoms with Crippen molar-refractivity contribution in [2.75, 3.05) is 6.61 Å². The quantitative estimate of drug-likeness (QED) is 0.453. The molecular weight excluding hydrogens is 408 g/mol. The van der Waals surface area contributed by atoms with Crippen molar-refractivity contribution in [2.24, 2.45) is 46.3 Å². The Hall–Kier alpha value is -0.240. The average molecular weight is 451 g/mol. The molecule has 0 radical (unpaired) electrons. The van der Waals surface area contributed by atoms with E-state index in [-0.39, 0.29) is 30.1 Å². The molecule has 4 aliphatic carbocycles. The molecule has 6 rings (SSSR count). The van der Waals surface area contributed by atoms with Crippen LogP contribution < -0.4 is 0 Å². The number of hydrogen-bond acceptors (Lipinski definition) is 6. The minimum atomic E-state index is -1.23. The Kier molecular flexibility index (Phi) is 4.96. The van der Waals surface area contributed by atoms with E-state index in [0.717, 1.165) is 31.6 Å². The first-order valence-corrected chi connectivity index (χ1v) is 13.2. The number of rotatable bonds is 0. The molecule has 6 aliphatic rings. The van der Waals surface area contributed by atoms with Crippen LogP contribution in [0.5, 0.6) is 0 Å². The summed E-state index contributed by atoms with van der Waals surface area (Å²) in [6.45, 7) is 7.10. The Labute approximate surface area is 191 Å². The minimum Gasteiger partial charge on any atom is -0.393 e. The van der Waals surface area contributed by atoms with E-state index in [1.807, 2.05) is 0 Å². The van der Waals surface area contributed by atoms with Gasteiger partial charge in [0.15, 0.2) is 0 Å². The maximum Gasteiger partial charge on any atom is 0.200 e. The van der Waals surface area contributed by atoms with E-state index in [2.05, 4.69) is 20.8 Å². The highest BCUT2D eigenvalue weighted by Gasteiger charge is 2.71. The maximum atomic E-state index is 10.9. The van der Waals surface area contributed by atoms with Gasteiger partial charge in [0.25, 0.3) is 0 Å². The Morgan fingerprint density at radius 2 is 1.59 bits per heavy atom. The number of aliphatic hydroxyl groups is 4. The lowest BCUT2D eigenvalue weighted by atomic mass is 9.44. The van der Waals surface area contributed by atoms with Crippen molar-refractivity contribution >= 4 is 0 Å². The molecular formula is C26H42O6. The smallest absolute Gasteiger partial charge is 0.200 e. The van der Waals surface area contributed by atoms with Crippen molar-refractivity contribution in [1.82, 2.24) is 0 Å². The molecule has 2 saturated heterocycles. The number of aliphatic hydroxyl groups excluding tert-OH is 4. The molecule has 6 fully saturated rings. The van der Waals surface area contributed by atoms with Crippen molar-refractivity contribution in [3.8, 4) is 0 Å². The summed E-state index contributed by atoms with van der Waals surface area (Å²) in [5, 5.41) is 41.5. The summed E-state index contributed by atoms with van der Waals surface area (Å²) in [6, 6.07) is 0. The van der Waals surface area contributed by atoms with Crippen LogP contribution in [0.2, 0.25) is 0 Å². The van der Waals surface area contributed by atoms with Gasteiger partial charge < -0.3 is 29.9 Å². The van der Waals surface area contributed by atoms with E-state index >= 15 is 0 Å². The van der Waals surface area contributed by atoms with Crippen LogP contribution in [0.3, 0.4) is 0 Å². The number of ether oxygens (including phenoxy) is 2. The lowest BCUT2D eigenvalue weighted by Crippen LogP contribution is -2.64. The fraction of sp³-hybridized carbons (Fsp3) is 1.00. The van der Waals surface area contributed by atoms with Crippen molar-refractivity contribution < 1.29 is 29.9 Å². The summed E-state index contributed by atoms with van der Waals surface area (Å²) in [5.74, 6) is 1.79. The van der Waals surface area contributed by atoms with Gasteiger partial charge >= 0.3 is 0 Å². The van der Waals surface area contributed by atoms with Crippen LogP contribution in [-0.2, 0) is 9.47 Å². The van der Waals surface area contributed by atoms with E-state index in [1.54, 1.807) is 0 Å². The van der Waals surface area contributed by atoms with Gasteiger partial charge in [0, 0.05) is 5.92 Å². The lowest BCUT2D eigenvalue weighted by Gasteiger charge is -2.61. The van der Waals surface area contributed by atoms with E-state index in [0.29, 0.717) is 29.1 Å². The van der Waals surface area contributed by atoms with E-state index in [1.165, 1.54) is 25.7 Å². The third kappa shape index (κ3) is 2.68. The summed E-state index contributed by atoms with van der Waals surface area (Å²) in [6.07, 6.45) is 5.42. The first kappa shape index (κ1) is 22.2. The first-order valence-electron chi connectivity index (χ1n) is 13.2. The van der Waals surface area contributed by atoms with Gasteiger partial charge in [-0.1, -0.05) is 20.8 Å². The van der Waals surface area contributed by atoms with Gasteiger partial charge in [0.1, 0.15) is 18.3 Å². The van der Waals surface area contributed by atoms with Crippen molar-refractivity contribution in [2.45, 2.75) is 108 Å². The van der Waals surface area contributed by atoms with Gasteiger partial charge in [-0.3, -0.25) is 0 Å². The average Bonchev–Trinajstić information content (AvgIpc) is 3.21. The molecule has 1 spiro atoms. The molecule has 0 amide bonds. The molecule has 14 atom stereocenters. The zero-order valence-electron chi connectivity index (χ0n) is 19.8. The zero-order valence-corrected chi connectivity index (χ0v) is 19.8. The van der Waals surface area contributed by atoms with Crippen molar-refractivity contribution in [3.05, 3.63) is 0 Å². The second kappa shape index (κ2) is 7.14. The van der Waals surface area contributed by atoms with E-state index in [9.17, 15) is 20.4 Å². The highest BCUT2D eigenvalue weighted by Crippen LogP contribution is 2.71. The molecule has 0 aromatic rings. The lowest BCUT2D eigenvalue weighted by molar-refractivity contribution is -0.345. The summed E-state index contributed by atoms with van der Waals surface area (Å²) in [7, 11) is 0. The van der Waals surface area contributed by atoms with Crippen LogP contribution in [0.25, 0.3) is 0 Å². The number of hydrogen-bond donors (Lipinski definition) is 4. The Morgan fingerprint density at radius 3 is 2.38 bits per heavy atom. The molecule has 0 aromatic heterocycles. The Bertz CT molecular complexity index is 761. The van der Waals surface area contributed by atoms with E-state index in [4.69, 9.17) is 9.47 Å². The van der Waals surface area contributed by atoms with Crippen LogP contribution in [0.4, 0.5) is 0 Å². The summed E-state index contributed by atoms with van der Waals surface area (Å²) in [5.41, 5.74) is 0.508. The van der Waals surface area contributed by atoms with Gasteiger partial charge in [-0.2, -0.15) is 0 Å². The van der Waals surface area contributed by atoms with Crippen LogP contribution in [0.15, 0.2) is 0 Å². The van der Waals surface area contributed by atoms with Gasteiger partial charge in [-0.25, -0.2) is 0 Å². The Balaban J connectivity index is 1.27. The maximum absolute atomic E-state index is 10.9. The van der Waals surface area contributed by atoms with Gasteiger partial charge in [-0.15, -0.1) is 0 Å². The molecule has 6 nitrogen and oxygen atoms in total. The molecule has 6 heteroatoms. The fourth-order valence-electron chi connectivity index (χ4n) is 10.2. The molecule has 0 bridgehead atoms. The number of fused-ring (bicyclic) bond motifs is 7. The zero-order chi connectivity index (χ0) is 22.6. The molecule has 32 heavy (non-hydrogen) atoms. The molecule has 2 aliphatic heterocycles. The third-order valence-electron chi connectivity index (χ3n) is 11.8. The summed E-state index contributed by atoms with van der Waals surface area (Å²) in [4.78, 5) is 0. The van der Waals surface area contributed by atoms with Gasteiger partial charge in [-0.05, 0) is 91.8 Å². The van der Waals surface area contributed by atoms with Crippen molar-refractivity contribution in [1.29, 1.82) is 0 Å². The molecule has 182 valence electrons. The predicted octanol–water partition coefficient (Wildman–Crippen LogP) is 2.46. The van der Waals surface area contributed by atoms with E-state index < -0.39 is 24.1 Å². The first-order chi connectivity index (χ1) is 15.1.